The molecule has 0 bridgehead atoms. The Kier molecular flexibility index (Phi) is 13.1. The van der Waals surface area contributed by atoms with Gasteiger partial charge < -0.3 is 41.0 Å². The third kappa shape index (κ3) is 8.69. The number of anilines is 1. The number of amides is 1. The second kappa shape index (κ2) is 16.3. The average Bonchev–Trinajstić information content (AvgIpc) is 3.42. The number of ketones is 2. The number of benzene rings is 1. The van der Waals surface area contributed by atoms with Crippen LogP contribution in [0.15, 0.2) is 22.6 Å². The Morgan fingerprint density at radius 2 is 1.78 bits per heavy atom. The third-order valence-electron chi connectivity index (χ3n) is 8.96. The molecular weight excluding hydrogens is 584 g/mol. The van der Waals surface area contributed by atoms with Gasteiger partial charge in [0.15, 0.2) is 5.78 Å². The molecule has 0 radical (unpaired) electrons. The van der Waals surface area contributed by atoms with E-state index in [1.165, 1.54) is 0 Å². The van der Waals surface area contributed by atoms with Crippen LogP contribution in [0.3, 0.4) is 0 Å². The van der Waals surface area contributed by atoms with Crippen molar-refractivity contribution in [3.05, 3.63) is 35.1 Å². The lowest BCUT2D eigenvalue weighted by atomic mass is 9.73. The molecule has 1 amide bonds. The lowest BCUT2D eigenvalue weighted by Crippen LogP contribution is -2.46. The zero-order valence-electron chi connectivity index (χ0n) is 26.2. The molecule has 4 rings (SSSR count). The van der Waals surface area contributed by atoms with E-state index in [1.807, 2.05) is 37.2 Å². The first kappa shape index (κ1) is 36.1. The van der Waals surface area contributed by atoms with Crippen molar-refractivity contribution in [2.75, 3.05) is 71.5 Å². The summed E-state index contributed by atoms with van der Waals surface area (Å²) in [7, 11) is 3.74. The van der Waals surface area contributed by atoms with Crippen molar-refractivity contribution in [2.24, 2.45) is 23.5 Å². The topological polar surface area (TPSA) is 213 Å². The molecule has 1 aromatic carbocycles. The molecular formula is C32H52N4O9. The minimum atomic E-state index is -0.868. The Bertz CT molecular complexity index is 1330. The highest BCUT2D eigenvalue weighted by Gasteiger charge is 2.36. The number of nitrogens with zero attached hydrogens (tertiary/aromatic N) is 3. The smallest absolute Gasteiger partial charge is 0.224 e. The summed E-state index contributed by atoms with van der Waals surface area (Å²) in [5.74, 6) is -1.87. The molecule has 0 saturated carbocycles. The predicted octanol–water partition coefficient (Wildman–Crippen LogP) is 0.682. The van der Waals surface area contributed by atoms with Crippen molar-refractivity contribution >= 4 is 23.2 Å². The SMILES string of the molecule is CN(C)c1cc(-c2ccc(CN3CCN(CCO)CC3)o2)c(O)c2c1CC(CC(CCO)C(CO)C(=O)CC(N)=O)CC2=O.O.[HH].[HH]. The lowest BCUT2D eigenvalue weighted by molar-refractivity contribution is -0.131. The zero-order chi connectivity index (χ0) is 32.0. The molecule has 1 aromatic heterocycles. The first-order chi connectivity index (χ1) is 21.1. The van der Waals surface area contributed by atoms with Gasteiger partial charge in [-0.2, -0.15) is 0 Å². The Morgan fingerprint density at radius 1 is 1.09 bits per heavy atom. The number of fused-ring (bicyclic) bond motifs is 1. The highest BCUT2D eigenvalue weighted by atomic mass is 16.3. The summed E-state index contributed by atoms with van der Waals surface area (Å²) < 4.78 is 6.18. The molecule has 1 aliphatic heterocycles. The Labute approximate surface area is 266 Å². The lowest BCUT2D eigenvalue weighted by Gasteiger charge is -2.33. The number of hydrogen-bond donors (Lipinski definition) is 5. The number of carbonyl (C=O) groups is 3. The number of aliphatic hydroxyl groups is 3. The van der Waals surface area contributed by atoms with Gasteiger partial charge in [-0.1, -0.05) is 0 Å². The van der Waals surface area contributed by atoms with Crippen molar-refractivity contribution < 1.29 is 47.6 Å². The van der Waals surface area contributed by atoms with Crippen molar-refractivity contribution in [2.45, 2.75) is 38.6 Å². The van der Waals surface area contributed by atoms with Crippen LogP contribution < -0.4 is 10.6 Å². The van der Waals surface area contributed by atoms with Gasteiger partial charge in [0, 0.05) is 74.3 Å². The molecule has 1 aliphatic carbocycles. The molecule has 3 unspecified atom stereocenters. The maximum Gasteiger partial charge on any atom is 0.224 e. The molecule has 3 atom stereocenters. The second-order valence-electron chi connectivity index (χ2n) is 12.3. The highest BCUT2D eigenvalue weighted by Crippen LogP contribution is 2.45. The molecule has 0 spiro atoms. The molecule has 2 aromatic rings. The maximum absolute atomic E-state index is 13.6. The van der Waals surface area contributed by atoms with Crippen LogP contribution in [0, 0.1) is 17.8 Å². The van der Waals surface area contributed by atoms with E-state index in [9.17, 15) is 34.8 Å². The number of aliphatic hydroxyl groups excluding tert-OH is 3. The summed E-state index contributed by atoms with van der Waals surface area (Å²) in [5.41, 5.74) is 7.38. The normalized spacial score (nSPS) is 18.6. The van der Waals surface area contributed by atoms with Crippen LogP contribution in [0.1, 0.15) is 50.2 Å². The molecule has 2 heterocycles. The van der Waals surface area contributed by atoms with E-state index in [0.29, 0.717) is 42.8 Å². The van der Waals surface area contributed by atoms with E-state index in [4.69, 9.17) is 10.2 Å². The summed E-state index contributed by atoms with van der Waals surface area (Å²) in [6.45, 7) is 4.22. The second-order valence-corrected chi connectivity index (χ2v) is 12.3. The fourth-order valence-electron chi connectivity index (χ4n) is 6.72. The summed E-state index contributed by atoms with van der Waals surface area (Å²) >= 11 is 0. The number of phenols is 1. The van der Waals surface area contributed by atoms with E-state index in [1.54, 1.807) is 0 Å². The largest absolute Gasteiger partial charge is 0.506 e. The van der Waals surface area contributed by atoms with Gasteiger partial charge in [-0.05, 0) is 54.9 Å². The number of phenolic OH excluding ortho intramolecular Hbond substituents is 1. The zero-order valence-corrected chi connectivity index (χ0v) is 26.2. The van der Waals surface area contributed by atoms with E-state index < -0.39 is 36.6 Å². The maximum atomic E-state index is 13.6. The van der Waals surface area contributed by atoms with Gasteiger partial charge in [-0.15, -0.1) is 0 Å². The van der Waals surface area contributed by atoms with Gasteiger partial charge in [0.2, 0.25) is 5.91 Å². The van der Waals surface area contributed by atoms with Crippen molar-refractivity contribution in [3.63, 3.8) is 0 Å². The first-order valence-corrected chi connectivity index (χ1v) is 15.3. The number of primary amides is 1. The van der Waals surface area contributed by atoms with Crippen LogP contribution in [0.2, 0.25) is 0 Å². The van der Waals surface area contributed by atoms with Crippen LogP contribution in [-0.2, 0) is 22.6 Å². The standard InChI is InChI=1S/C32H46N4O8.H2O.2H2/c1-34(2)26-16-24(29-4-3-22(44-29)18-36-8-6-35(7-9-36)10-12-38)32(43)31-23(26)14-20(15-28(31)41)13-21(5-11-37)25(19-39)27(40)17-30(33)42;;;/h3-4,16,20-21,25,37-39,43H,5-15,17-19H2,1-2H3,(H2,33,42);1H2;2*1H. The number of β-amino-alcohol motifs (C(OH)–C–C–N with tert-alkyl or cyclic N) is 1. The molecule has 13 heteroatoms. The van der Waals surface area contributed by atoms with Gasteiger partial charge >= 0.3 is 0 Å². The molecule has 2 aliphatic rings. The van der Waals surface area contributed by atoms with Gasteiger partial charge in [-0.3, -0.25) is 24.2 Å². The quantitative estimate of drug-likeness (QED) is 0.172. The van der Waals surface area contributed by atoms with Gasteiger partial charge in [-0.25, -0.2) is 0 Å². The monoisotopic (exact) mass is 636 g/mol. The molecule has 13 nitrogen and oxygen atoms in total. The van der Waals surface area contributed by atoms with Crippen molar-refractivity contribution in [1.82, 2.24) is 9.80 Å². The summed E-state index contributed by atoms with van der Waals surface area (Å²) in [4.78, 5) is 44.0. The Morgan fingerprint density at radius 3 is 2.38 bits per heavy atom. The molecule has 8 N–H and O–H groups in total. The van der Waals surface area contributed by atoms with Crippen LogP contribution in [0.4, 0.5) is 5.69 Å². The number of piperazine rings is 1. The number of carbonyl (C=O) groups excluding carboxylic acids is 3. The van der Waals surface area contributed by atoms with E-state index in [2.05, 4.69) is 9.80 Å². The number of furan rings is 1. The van der Waals surface area contributed by atoms with Gasteiger partial charge in [0.1, 0.15) is 23.1 Å². The van der Waals surface area contributed by atoms with Gasteiger partial charge in [0.05, 0.1) is 37.3 Å². The van der Waals surface area contributed by atoms with E-state index >= 15 is 0 Å². The fourth-order valence-corrected chi connectivity index (χ4v) is 6.72. The Hall–Kier alpha value is -3.33. The Balaban J connectivity index is 0.00000368. The van der Waals surface area contributed by atoms with Crippen molar-refractivity contribution in [1.29, 1.82) is 0 Å². The third-order valence-corrected chi connectivity index (χ3v) is 8.96. The number of hydrogen-bond acceptors (Lipinski definition) is 11. The molecule has 254 valence electrons. The number of Topliss-reactive ketones (excluding diaryl/α,β-unsaturated/α-hetero) is 2. The number of rotatable bonds is 15. The minimum Gasteiger partial charge on any atom is -0.506 e. The number of nitrogens with two attached hydrogens (primary N) is 1. The molecule has 1 saturated heterocycles. The van der Waals surface area contributed by atoms with Crippen LogP contribution in [0.25, 0.3) is 11.3 Å². The average molecular weight is 637 g/mol. The summed E-state index contributed by atoms with van der Waals surface area (Å²) in [5, 5.41) is 40.3. The van der Waals surface area contributed by atoms with E-state index in [0.717, 1.165) is 37.6 Å². The predicted molar refractivity (Wildman–Crippen MR) is 172 cm³/mol. The first-order valence-electron chi connectivity index (χ1n) is 15.3. The molecule has 45 heavy (non-hydrogen) atoms. The summed E-state index contributed by atoms with van der Waals surface area (Å²) in [6.07, 6.45) is 0.714. The van der Waals surface area contributed by atoms with Crippen LogP contribution in [-0.4, -0.2) is 120 Å². The minimum absolute atomic E-state index is 0. The summed E-state index contributed by atoms with van der Waals surface area (Å²) in [6, 6.07) is 5.53. The van der Waals surface area contributed by atoms with Gasteiger partial charge in [0.25, 0.3) is 0 Å². The van der Waals surface area contributed by atoms with Crippen LogP contribution in [0.5, 0.6) is 5.75 Å². The fraction of sp³-hybridized carbons (Fsp3) is 0.594. The van der Waals surface area contributed by atoms with Crippen molar-refractivity contribution in [3.8, 4) is 17.1 Å². The molecule has 1 fully saturated rings. The number of aromatic hydroxyl groups is 1. The van der Waals surface area contributed by atoms with E-state index in [-0.39, 0.29) is 57.4 Å². The highest BCUT2D eigenvalue weighted by molar-refractivity contribution is 6.05. The van der Waals surface area contributed by atoms with Crippen LogP contribution >= 0.6 is 0 Å².